The Labute approximate surface area is 299 Å². The normalized spacial score (nSPS) is 11.9. The summed E-state index contributed by atoms with van der Waals surface area (Å²) in [6, 6.07) is 12.2. The molecule has 0 amide bonds. The molecular formula is C37H47F2N5O4SSi. The molecule has 0 fully saturated rings. The molecule has 2 aromatic carbocycles. The Morgan fingerprint density at radius 1 is 1.10 bits per heavy atom. The van der Waals surface area contributed by atoms with Crippen molar-refractivity contribution in [2.45, 2.75) is 79.1 Å². The second-order valence-corrected chi connectivity index (χ2v) is 19.9. The first-order valence-electron chi connectivity index (χ1n) is 16.8. The van der Waals surface area contributed by atoms with Crippen LogP contribution >= 0.6 is 12.2 Å². The molecule has 2 aromatic heterocycles. The molecule has 0 bridgehead atoms. The number of aliphatic hydroxyl groups is 1. The predicted molar refractivity (Wildman–Crippen MR) is 201 cm³/mol. The van der Waals surface area contributed by atoms with E-state index in [1.807, 2.05) is 44.5 Å². The third-order valence-corrected chi connectivity index (χ3v) is 10.6. The number of halogens is 2. The average Bonchev–Trinajstić information content (AvgIpc) is 3.44. The molecule has 0 saturated heterocycles. The van der Waals surface area contributed by atoms with E-state index in [-0.39, 0.29) is 41.4 Å². The molecule has 4 rings (SSSR count). The fourth-order valence-electron chi connectivity index (χ4n) is 5.33. The monoisotopic (exact) mass is 723 g/mol. The lowest BCUT2D eigenvalue weighted by Crippen LogP contribution is -2.41. The zero-order valence-corrected chi connectivity index (χ0v) is 31.6. The van der Waals surface area contributed by atoms with Crippen molar-refractivity contribution < 1.29 is 28.1 Å². The van der Waals surface area contributed by atoms with Crippen LogP contribution in [0.15, 0.2) is 48.8 Å². The van der Waals surface area contributed by atoms with Gasteiger partial charge in [-0.25, -0.2) is 13.8 Å². The second kappa shape index (κ2) is 16.7. The summed E-state index contributed by atoms with van der Waals surface area (Å²) in [6.45, 7) is 15.7. The minimum Gasteiger partial charge on any atom is -0.490 e. The van der Waals surface area contributed by atoms with Crippen LogP contribution in [0.25, 0.3) is 22.2 Å². The number of aromatic nitrogens is 2. The Morgan fingerprint density at radius 3 is 2.40 bits per heavy atom. The van der Waals surface area contributed by atoms with Crippen molar-refractivity contribution in [1.82, 2.24) is 14.9 Å². The number of hydrogen-bond acceptors (Lipinski definition) is 7. The number of nitrogens with one attached hydrogen (secondary N) is 2. The molecule has 0 radical (unpaired) electrons. The van der Waals surface area contributed by atoms with Crippen LogP contribution in [0, 0.1) is 28.4 Å². The van der Waals surface area contributed by atoms with Crippen LogP contribution in [0.2, 0.25) is 25.7 Å². The van der Waals surface area contributed by atoms with Gasteiger partial charge in [0, 0.05) is 62.4 Å². The van der Waals surface area contributed by atoms with Crippen LogP contribution in [0.5, 0.6) is 17.2 Å². The molecule has 0 spiro atoms. The Kier molecular flexibility index (Phi) is 13.0. The van der Waals surface area contributed by atoms with Crippen LogP contribution in [0.3, 0.4) is 0 Å². The SMILES string of the molecule is CCC(CC)(CO)CNC(=S)Nc1cc(F)c(Oc2ccnc3c2c(-c2ccc(OC(C)C)c(C#N)c2)cn3COCC[Si](C)(C)C)c(F)c1. The van der Waals surface area contributed by atoms with E-state index in [9.17, 15) is 10.4 Å². The maximum atomic E-state index is 15.6. The summed E-state index contributed by atoms with van der Waals surface area (Å²) < 4.78 is 50.8. The number of hydrogen-bond donors (Lipinski definition) is 3. The maximum absolute atomic E-state index is 15.6. The Balaban J connectivity index is 1.69. The van der Waals surface area contributed by atoms with Crippen molar-refractivity contribution in [3.63, 3.8) is 0 Å². The van der Waals surface area contributed by atoms with Gasteiger partial charge in [-0.2, -0.15) is 5.26 Å². The van der Waals surface area contributed by atoms with Crippen LogP contribution in [0.4, 0.5) is 14.5 Å². The second-order valence-electron chi connectivity index (χ2n) is 13.9. The number of nitrogens with zero attached hydrogens (tertiary/aromatic N) is 3. The quantitative estimate of drug-likeness (QED) is 0.0593. The molecule has 9 nitrogen and oxygen atoms in total. The van der Waals surface area contributed by atoms with E-state index in [1.54, 1.807) is 18.2 Å². The zero-order valence-electron chi connectivity index (χ0n) is 29.8. The summed E-state index contributed by atoms with van der Waals surface area (Å²) in [7, 11) is -1.33. The van der Waals surface area contributed by atoms with Gasteiger partial charge in [0.05, 0.1) is 23.7 Å². The molecule has 0 aliphatic carbocycles. The molecule has 50 heavy (non-hydrogen) atoms. The topological polar surface area (TPSA) is 114 Å². The van der Waals surface area contributed by atoms with Crippen LogP contribution in [-0.4, -0.2) is 53.7 Å². The number of fused-ring (bicyclic) bond motifs is 1. The van der Waals surface area contributed by atoms with E-state index in [1.165, 1.54) is 6.20 Å². The summed E-state index contributed by atoms with van der Waals surface area (Å²) in [5, 5.41) is 26.3. The van der Waals surface area contributed by atoms with Gasteiger partial charge in [0.15, 0.2) is 22.5 Å². The Bertz CT molecular complexity index is 1820. The number of rotatable bonds is 16. The van der Waals surface area contributed by atoms with E-state index in [0.29, 0.717) is 46.6 Å². The lowest BCUT2D eigenvalue weighted by Gasteiger charge is -2.30. The highest BCUT2D eigenvalue weighted by Gasteiger charge is 2.26. The fraction of sp³-hybridized carbons (Fsp3) is 0.432. The van der Waals surface area contributed by atoms with Crippen molar-refractivity contribution >= 4 is 42.1 Å². The van der Waals surface area contributed by atoms with Gasteiger partial charge in [0.1, 0.15) is 29.9 Å². The minimum atomic E-state index is -1.33. The fourth-order valence-corrected chi connectivity index (χ4v) is 6.28. The molecule has 2 heterocycles. The molecule has 4 aromatic rings. The number of thiocarbonyl (C=S) groups is 1. The third-order valence-electron chi connectivity index (χ3n) is 8.65. The highest BCUT2D eigenvalue weighted by Crippen LogP contribution is 2.41. The number of pyridine rings is 1. The van der Waals surface area contributed by atoms with E-state index < -0.39 is 25.5 Å². The lowest BCUT2D eigenvalue weighted by molar-refractivity contribution is 0.0899. The molecule has 13 heteroatoms. The molecule has 0 aliphatic rings. The summed E-state index contributed by atoms with van der Waals surface area (Å²) in [6.07, 6.45) is 4.70. The minimum absolute atomic E-state index is 0.0127. The van der Waals surface area contributed by atoms with E-state index >= 15 is 8.78 Å². The van der Waals surface area contributed by atoms with Gasteiger partial charge < -0.3 is 34.5 Å². The first-order valence-corrected chi connectivity index (χ1v) is 20.9. The Hall–Kier alpha value is -4.09. The van der Waals surface area contributed by atoms with Crippen molar-refractivity contribution in [3.05, 3.63) is 66.0 Å². The molecule has 268 valence electrons. The van der Waals surface area contributed by atoms with Crippen LogP contribution < -0.4 is 20.1 Å². The molecule has 0 saturated carbocycles. The standard InChI is InChI=1S/C37H47F2N5O4SSi/c1-8-37(9-2,22-45)21-42-36(49)43-27-17-29(38)34(30(39)18-27)48-32-12-13-41-35-33(32)28(20-44(35)23-46-14-15-50(5,6)7)25-10-11-31(47-24(3)4)26(16-25)19-40/h10-13,16-18,20,24,45H,8-9,14-15,21-23H2,1-7H3,(H2,42,43,49). The summed E-state index contributed by atoms with van der Waals surface area (Å²) in [4.78, 5) is 4.59. The predicted octanol–water partition coefficient (Wildman–Crippen LogP) is 8.83. The zero-order chi connectivity index (χ0) is 36.6. The first-order chi connectivity index (χ1) is 23.7. The van der Waals surface area contributed by atoms with E-state index in [0.717, 1.165) is 31.0 Å². The van der Waals surface area contributed by atoms with E-state index in [4.69, 9.17) is 26.4 Å². The molecular weight excluding hydrogens is 677 g/mol. The lowest BCUT2D eigenvalue weighted by atomic mass is 9.83. The van der Waals surface area contributed by atoms with Gasteiger partial charge in [-0.05, 0) is 68.7 Å². The highest BCUT2D eigenvalue weighted by molar-refractivity contribution is 7.80. The van der Waals surface area contributed by atoms with Gasteiger partial charge in [-0.1, -0.05) is 39.6 Å². The smallest absolute Gasteiger partial charge is 0.198 e. The van der Waals surface area contributed by atoms with Crippen molar-refractivity contribution in [1.29, 1.82) is 5.26 Å². The van der Waals surface area contributed by atoms with Gasteiger partial charge in [-0.3, -0.25) is 0 Å². The van der Waals surface area contributed by atoms with Crippen molar-refractivity contribution in [2.24, 2.45) is 5.41 Å². The van der Waals surface area contributed by atoms with Crippen LogP contribution in [-0.2, 0) is 11.5 Å². The number of anilines is 1. The number of nitriles is 1. The summed E-state index contributed by atoms with van der Waals surface area (Å²) >= 11 is 5.36. The number of benzene rings is 2. The average molecular weight is 724 g/mol. The number of ether oxygens (including phenoxy) is 3. The third kappa shape index (κ3) is 9.57. The molecule has 0 aliphatic heterocycles. The van der Waals surface area contributed by atoms with Crippen molar-refractivity contribution in [3.8, 4) is 34.4 Å². The highest BCUT2D eigenvalue weighted by atomic mass is 32.1. The van der Waals surface area contributed by atoms with Gasteiger partial charge >= 0.3 is 0 Å². The molecule has 3 N–H and O–H groups in total. The summed E-state index contributed by atoms with van der Waals surface area (Å²) in [5.74, 6) is -1.85. The van der Waals surface area contributed by atoms with Crippen molar-refractivity contribution in [2.75, 3.05) is 25.1 Å². The van der Waals surface area contributed by atoms with Gasteiger partial charge in [0.2, 0.25) is 0 Å². The molecule has 0 unspecified atom stereocenters. The van der Waals surface area contributed by atoms with Crippen LogP contribution in [0.1, 0.15) is 46.1 Å². The largest absolute Gasteiger partial charge is 0.490 e. The van der Waals surface area contributed by atoms with E-state index in [2.05, 4.69) is 41.3 Å². The number of aliphatic hydroxyl groups excluding tert-OH is 1. The maximum Gasteiger partial charge on any atom is 0.198 e. The summed E-state index contributed by atoms with van der Waals surface area (Å²) in [5.41, 5.74) is 1.88. The van der Waals surface area contributed by atoms with Gasteiger partial charge in [-0.15, -0.1) is 0 Å². The molecule has 0 atom stereocenters. The van der Waals surface area contributed by atoms with Gasteiger partial charge in [0.25, 0.3) is 0 Å². The Morgan fingerprint density at radius 2 is 1.80 bits per heavy atom. The first kappa shape index (κ1) is 38.7.